The van der Waals surface area contributed by atoms with Crippen molar-refractivity contribution >= 4 is 41.2 Å². The molecule has 61 heavy (non-hydrogen) atoms. The highest BCUT2D eigenvalue weighted by atomic mass is 35.5. The van der Waals surface area contributed by atoms with Crippen molar-refractivity contribution in [2.45, 2.75) is 76.1 Å². The molecular weight excluding hydrogens is 792 g/mol. The summed E-state index contributed by atoms with van der Waals surface area (Å²) in [5, 5.41) is 6.40. The molecular formula is C47H53ClN8O5. The van der Waals surface area contributed by atoms with E-state index in [1.165, 1.54) is 0 Å². The highest BCUT2D eigenvalue weighted by molar-refractivity contribution is 6.33. The SMILES string of the molecule is O=C1CCC(N2Cc3cc(OC4CCN(CCN5CCN(C(=O)C6CCCC(Nc7ncc(Cl)c(-c8cccc(-c9ccccc9)c8)n7)C6)CC5)CC4)ccc3C2=O)C(=O)N1. The van der Waals surface area contributed by atoms with Crippen molar-refractivity contribution in [3.8, 4) is 28.1 Å². The Balaban J connectivity index is 0.698. The van der Waals surface area contributed by atoms with Crippen LogP contribution in [0.2, 0.25) is 5.02 Å². The van der Waals surface area contributed by atoms with Crippen LogP contribution >= 0.6 is 11.6 Å². The highest BCUT2D eigenvalue weighted by Gasteiger charge is 2.39. The number of fused-ring (bicyclic) bond motifs is 1. The normalized spacial score (nSPS) is 22.8. The van der Waals surface area contributed by atoms with Gasteiger partial charge in [0.05, 0.1) is 16.9 Å². The molecule has 1 aromatic heterocycles. The molecule has 4 amide bonds. The number of benzene rings is 3. The minimum atomic E-state index is -0.625. The molecule has 1 saturated carbocycles. The minimum absolute atomic E-state index is 0.0116. The second-order valence-electron chi connectivity index (χ2n) is 17.1. The van der Waals surface area contributed by atoms with Crippen LogP contribution in [0.15, 0.2) is 79.0 Å². The Morgan fingerprint density at radius 1 is 0.820 bits per heavy atom. The number of hydrogen-bond donors (Lipinski definition) is 2. The average Bonchev–Trinajstić information content (AvgIpc) is 3.61. The zero-order chi connectivity index (χ0) is 41.9. The number of imide groups is 1. The van der Waals surface area contributed by atoms with E-state index in [2.05, 4.69) is 54.6 Å². The number of nitrogens with one attached hydrogen (secondary N) is 2. The van der Waals surface area contributed by atoms with Gasteiger partial charge in [0.25, 0.3) is 5.91 Å². The molecule has 0 spiro atoms. The summed E-state index contributed by atoms with van der Waals surface area (Å²) in [7, 11) is 0. The van der Waals surface area contributed by atoms with E-state index < -0.39 is 11.9 Å². The third kappa shape index (κ3) is 9.44. The quantitative estimate of drug-likeness (QED) is 0.176. The van der Waals surface area contributed by atoms with E-state index in [4.69, 9.17) is 21.3 Å². The molecule has 5 aliphatic rings. The number of rotatable bonds is 11. The molecule has 318 valence electrons. The van der Waals surface area contributed by atoms with Gasteiger partial charge in [-0.1, -0.05) is 66.6 Å². The molecule has 3 aromatic carbocycles. The smallest absolute Gasteiger partial charge is 0.255 e. The number of nitrogens with zero attached hydrogens (tertiary/aromatic N) is 6. The fourth-order valence-electron chi connectivity index (χ4n) is 9.64. The Kier molecular flexibility index (Phi) is 12.3. The molecule has 4 fully saturated rings. The van der Waals surface area contributed by atoms with Gasteiger partial charge in [-0.2, -0.15) is 0 Å². The van der Waals surface area contributed by atoms with Crippen LogP contribution < -0.4 is 15.4 Å². The van der Waals surface area contributed by atoms with E-state index in [1.807, 2.05) is 42.5 Å². The van der Waals surface area contributed by atoms with Crippen molar-refractivity contribution in [2.75, 3.05) is 57.7 Å². The third-order valence-corrected chi connectivity index (χ3v) is 13.4. The van der Waals surface area contributed by atoms with Gasteiger partial charge in [0.1, 0.15) is 17.9 Å². The lowest BCUT2D eigenvalue weighted by atomic mass is 9.84. The molecule has 1 aliphatic carbocycles. The number of likely N-dealkylation sites (tertiary alicyclic amines) is 1. The Labute approximate surface area is 361 Å². The summed E-state index contributed by atoms with van der Waals surface area (Å²) in [6, 6.07) is 23.5. The largest absolute Gasteiger partial charge is 0.490 e. The van der Waals surface area contributed by atoms with Gasteiger partial charge >= 0.3 is 0 Å². The number of carbonyl (C=O) groups is 4. The van der Waals surface area contributed by atoms with Crippen molar-refractivity contribution in [3.05, 3.63) is 95.1 Å². The van der Waals surface area contributed by atoms with E-state index in [-0.39, 0.29) is 42.2 Å². The number of piperidine rings is 2. The maximum Gasteiger partial charge on any atom is 0.255 e. The molecule has 3 atom stereocenters. The van der Waals surface area contributed by atoms with Gasteiger partial charge in [-0.15, -0.1) is 0 Å². The molecule has 2 N–H and O–H groups in total. The number of halogens is 1. The number of ether oxygens (including phenoxy) is 1. The summed E-state index contributed by atoms with van der Waals surface area (Å²) in [4.78, 5) is 68.9. The van der Waals surface area contributed by atoms with E-state index >= 15 is 0 Å². The molecule has 4 aromatic rings. The predicted molar refractivity (Wildman–Crippen MR) is 233 cm³/mol. The van der Waals surface area contributed by atoms with Crippen molar-refractivity contribution < 1.29 is 23.9 Å². The fraction of sp³-hybridized carbons (Fsp3) is 0.447. The summed E-state index contributed by atoms with van der Waals surface area (Å²) < 4.78 is 6.39. The summed E-state index contributed by atoms with van der Waals surface area (Å²) in [5.74, 6) is 0.667. The van der Waals surface area contributed by atoms with Gasteiger partial charge in [0, 0.05) is 88.4 Å². The first-order chi connectivity index (χ1) is 29.7. The minimum Gasteiger partial charge on any atom is -0.490 e. The van der Waals surface area contributed by atoms with Crippen molar-refractivity contribution in [2.24, 2.45) is 5.92 Å². The number of anilines is 1. The zero-order valence-electron chi connectivity index (χ0n) is 34.4. The van der Waals surface area contributed by atoms with E-state index in [0.717, 1.165) is 119 Å². The van der Waals surface area contributed by atoms with Gasteiger partial charge in [-0.25, -0.2) is 9.97 Å². The van der Waals surface area contributed by atoms with Crippen LogP contribution in [0.5, 0.6) is 5.75 Å². The number of piperazine rings is 1. The van der Waals surface area contributed by atoms with Crippen LogP contribution in [0.25, 0.3) is 22.4 Å². The van der Waals surface area contributed by atoms with Gasteiger partial charge in [0.15, 0.2) is 0 Å². The number of carbonyl (C=O) groups excluding carboxylic acids is 4. The topological polar surface area (TPSA) is 140 Å². The molecule has 13 nitrogen and oxygen atoms in total. The fourth-order valence-corrected chi connectivity index (χ4v) is 9.84. The Morgan fingerprint density at radius 3 is 2.36 bits per heavy atom. The second-order valence-corrected chi connectivity index (χ2v) is 17.5. The summed E-state index contributed by atoms with van der Waals surface area (Å²) in [6.45, 7) is 7.49. The summed E-state index contributed by atoms with van der Waals surface area (Å²) in [5.41, 5.74) is 5.29. The Bertz CT molecular complexity index is 2260. The third-order valence-electron chi connectivity index (χ3n) is 13.1. The van der Waals surface area contributed by atoms with Gasteiger partial charge in [-0.05, 0) is 79.5 Å². The standard InChI is InChI=1S/C47H53ClN8O5/c48-40-29-49-47(52-43(40)33-9-4-8-32(26-33)31-6-2-1-3-7-31)50-36-11-5-10-34(27-36)45(59)55-24-22-54(23-25-55)21-20-53-18-16-37(17-19-53)61-38-12-13-39-35(28-38)30-56(46(39)60)41-14-15-42(57)51-44(41)58/h1-4,6-9,12-13,26,28-29,34,36-37,41H,5,10-11,14-25,27,30H2,(H,49,50,52)(H,51,57,58). The lowest BCUT2D eigenvalue weighted by Crippen LogP contribution is -2.52. The lowest BCUT2D eigenvalue weighted by molar-refractivity contribution is -0.139. The molecule has 14 heteroatoms. The second kappa shape index (κ2) is 18.3. The molecule has 0 bridgehead atoms. The first-order valence-corrected chi connectivity index (χ1v) is 22.2. The molecule has 5 heterocycles. The van der Waals surface area contributed by atoms with Crippen LogP contribution in [0.4, 0.5) is 5.95 Å². The number of amides is 4. The first kappa shape index (κ1) is 41.0. The molecule has 3 saturated heterocycles. The monoisotopic (exact) mass is 844 g/mol. The zero-order valence-corrected chi connectivity index (χ0v) is 35.2. The van der Waals surface area contributed by atoms with Gasteiger partial charge in [-0.3, -0.25) is 29.4 Å². The van der Waals surface area contributed by atoms with Gasteiger partial charge in [0.2, 0.25) is 23.7 Å². The van der Waals surface area contributed by atoms with Crippen LogP contribution in [0.3, 0.4) is 0 Å². The van der Waals surface area contributed by atoms with Crippen molar-refractivity contribution in [3.63, 3.8) is 0 Å². The van der Waals surface area contributed by atoms with Crippen LogP contribution in [0.1, 0.15) is 67.3 Å². The molecule has 4 aliphatic heterocycles. The van der Waals surface area contributed by atoms with Crippen molar-refractivity contribution in [1.82, 2.24) is 34.9 Å². The molecule has 0 radical (unpaired) electrons. The molecule has 3 unspecified atom stereocenters. The lowest BCUT2D eigenvalue weighted by Gasteiger charge is -2.39. The predicted octanol–water partition coefficient (Wildman–Crippen LogP) is 5.88. The maximum atomic E-state index is 13.8. The van der Waals surface area contributed by atoms with Crippen LogP contribution in [-0.2, 0) is 20.9 Å². The van der Waals surface area contributed by atoms with E-state index in [1.54, 1.807) is 17.2 Å². The van der Waals surface area contributed by atoms with E-state index in [0.29, 0.717) is 35.2 Å². The Morgan fingerprint density at radius 2 is 1.57 bits per heavy atom. The van der Waals surface area contributed by atoms with Crippen LogP contribution in [-0.4, -0.2) is 124 Å². The number of hydrogen-bond acceptors (Lipinski definition) is 10. The van der Waals surface area contributed by atoms with Crippen molar-refractivity contribution in [1.29, 1.82) is 0 Å². The highest BCUT2D eigenvalue weighted by Crippen LogP contribution is 2.34. The maximum absolute atomic E-state index is 13.8. The summed E-state index contributed by atoms with van der Waals surface area (Å²) >= 11 is 6.63. The van der Waals surface area contributed by atoms with Gasteiger partial charge < -0.3 is 24.8 Å². The van der Waals surface area contributed by atoms with Crippen LogP contribution in [0, 0.1) is 5.92 Å². The van der Waals surface area contributed by atoms with E-state index in [9.17, 15) is 19.2 Å². The summed E-state index contributed by atoms with van der Waals surface area (Å²) in [6.07, 6.45) is 7.81. The molecule has 9 rings (SSSR count). The first-order valence-electron chi connectivity index (χ1n) is 21.9. The average molecular weight is 845 g/mol. The number of aromatic nitrogens is 2. The Hall–Kier alpha value is -5.37.